The van der Waals surface area contributed by atoms with Crippen LogP contribution in [0.2, 0.25) is 0 Å². The van der Waals surface area contributed by atoms with Crippen LogP contribution in [0.1, 0.15) is 32.3 Å². The monoisotopic (exact) mass is 327 g/mol. The zero-order valence-electron chi connectivity index (χ0n) is 11.8. The molecule has 0 saturated heterocycles. The molecule has 1 N–H and O–H groups in total. The minimum absolute atomic E-state index is 0.571. The van der Waals surface area contributed by atoms with Crippen LogP contribution in [0, 0.1) is 5.41 Å². The lowest BCUT2D eigenvalue weighted by Gasteiger charge is -2.31. The minimum Gasteiger partial charge on any atom is -0.481 e. The fourth-order valence-corrected chi connectivity index (χ4v) is 2.81. The van der Waals surface area contributed by atoms with E-state index in [1.54, 1.807) is 0 Å². The van der Waals surface area contributed by atoms with Gasteiger partial charge in [-0.3, -0.25) is 4.79 Å². The van der Waals surface area contributed by atoms with Gasteiger partial charge in [-0.25, -0.2) is 0 Å². The molecule has 0 unspecified atom stereocenters. The van der Waals surface area contributed by atoms with E-state index >= 15 is 0 Å². The molecular weight excluding hydrogens is 306 g/mol. The highest BCUT2D eigenvalue weighted by Crippen LogP contribution is 2.28. The smallest absolute Gasteiger partial charge is 0.310 e. The van der Waals surface area contributed by atoms with E-state index in [1.165, 1.54) is 5.56 Å². The number of halogens is 1. The molecule has 1 aromatic rings. The molecule has 1 aromatic carbocycles. The van der Waals surface area contributed by atoms with E-state index in [1.807, 2.05) is 33.0 Å². The molecule has 4 heteroatoms. The molecule has 1 rings (SSSR count). The topological polar surface area (TPSA) is 40.5 Å². The molecule has 0 aliphatic rings. The number of benzene rings is 1. The SMILES string of the molecule is CCC(CC)(CN(C)Cc1cccc(Br)c1)C(=O)O. The molecule has 0 atom stereocenters. The number of nitrogens with zero attached hydrogens (tertiary/aromatic N) is 1. The van der Waals surface area contributed by atoms with Gasteiger partial charge in [-0.2, -0.15) is 0 Å². The van der Waals surface area contributed by atoms with Crippen molar-refractivity contribution < 1.29 is 9.90 Å². The number of aliphatic carboxylic acids is 1. The first-order valence-electron chi connectivity index (χ1n) is 6.60. The first kappa shape index (κ1) is 16.2. The average molecular weight is 328 g/mol. The number of hydrogen-bond acceptors (Lipinski definition) is 2. The van der Waals surface area contributed by atoms with Gasteiger partial charge < -0.3 is 10.0 Å². The highest BCUT2D eigenvalue weighted by atomic mass is 79.9. The Kier molecular flexibility index (Phi) is 6.01. The van der Waals surface area contributed by atoms with E-state index < -0.39 is 11.4 Å². The molecule has 0 aliphatic carbocycles. The predicted molar refractivity (Wildman–Crippen MR) is 81.1 cm³/mol. The largest absolute Gasteiger partial charge is 0.481 e. The molecule has 0 spiro atoms. The number of carboxylic acid groups (broad SMARTS) is 1. The van der Waals surface area contributed by atoms with Crippen LogP contribution in [0.3, 0.4) is 0 Å². The van der Waals surface area contributed by atoms with E-state index in [9.17, 15) is 9.90 Å². The summed E-state index contributed by atoms with van der Waals surface area (Å²) in [6.07, 6.45) is 1.31. The third-order valence-corrected chi connectivity index (χ3v) is 4.21. The lowest BCUT2D eigenvalue weighted by atomic mass is 9.82. The zero-order valence-corrected chi connectivity index (χ0v) is 13.4. The first-order valence-corrected chi connectivity index (χ1v) is 7.39. The Bertz CT molecular complexity index is 430. The molecular formula is C15H22BrNO2. The van der Waals surface area contributed by atoms with E-state index in [4.69, 9.17) is 0 Å². The van der Waals surface area contributed by atoms with Gasteiger partial charge in [-0.15, -0.1) is 0 Å². The van der Waals surface area contributed by atoms with Gasteiger partial charge in [0.25, 0.3) is 0 Å². The summed E-state index contributed by atoms with van der Waals surface area (Å²) in [5.74, 6) is -0.696. The van der Waals surface area contributed by atoms with Crippen LogP contribution in [0.25, 0.3) is 0 Å². The van der Waals surface area contributed by atoms with Crippen molar-refractivity contribution in [2.45, 2.75) is 33.2 Å². The highest BCUT2D eigenvalue weighted by Gasteiger charge is 2.35. The summed E-state index contributed by atoms with van der Waals surface area (Å²) in [5.41, 5.74) is 0.546. The third-order valence-electron chi connectivity index (χ3n) is 3.72. The van der Waals surface area contributed by atoms with Crippen LogP contribution >= 0.6 is 15.9 Å². The maximum atomic E-state index is 11.5. The maximum absolute atomic E-state index is 11.5. The van der Waals surface area contributed by atoms with Crippen molar-refractivity contribution in [1.29, 1.82) is 0 Å². The van der Waals surface area contributed by atoms with E-state index in [2.05, 4.69) is 33.0 Å². The van der Waals surface area contributed by atoms with E-state index in [0.29, 0.717) is 19.4 Å². The number of hydrogen-bond donors (Lipinski definition) is 1. The lowest BCUT2D eigenvalue weighted by Crippen LogP contribution is -2.40. The average Bonchev–Trinajstić information content (AvgIpc) is 2.35. The van der Waals surface area contributed by atoms with Gasteiger partial charge in [0.05, 0.1) is 5.41 Å². The Morgan fingerprint density at radius 2 is 2.00 bits per heavy atom. The molecule has 19 heavy (non-hydrogen) atoms. The van der Waals surface area contributed by atoms with Gasteiger partial charge in [-0.05, 0) is 37.6 Å². The van der Waals surface area contributed by atoms with Crippen molar-refractivity contribution in [3.05, 3.63) is 34.3 Å². The first-order chi connectivity index (χ1) is 8.93. The summed E-state index contributed by atoms with van der Waals surface area (Å²) in [6.45, 7) is 5.23. The summed E-state index contributed by atoms with van der Waals surface area (Å²) in [4.78, 5) is 13.6. The van der Waals surface area contributed by atoms with Gasteiger partial charge in [0.15, 0.2) is 0 Å². The molecule has 0 amide bonds. The summed E-state index contributed by atoms with van der Waals surface area (Å²) >= 11 is 3.45. The Balaban J connectivity index is 2.73. The quantitative estimate of drug-likeness (QED) is 0.828. The van der Waals surface area contributed by atoms with Crippen molar-refractivity contribution in [2.75, 3.05) is 13.6 Å². The molecule has 0 saturated carbocycles. The Morgan fingerprint density at radius 3 is 2.47 bits per heavy atom. The maximum Gasteiger partial charge on any atom is 0.310 e. The normalized spacial score (nSPS) is 11.8. The van der Waals surface area contributed by atoms with Crippen LogP contribution in [0.5, 0.6) is 0 Å². The molecule has 0 aromatic heterocycles. The summed E-state index contributed by atoms with van der Waals surface area (Å²) in [5, 5.41) is 9.45. The predicted octanol–water partition coefficient (Wildman–Crippen LogP) is 3.77. The van der Waals surface area contributed by atoms with Gasteiger partial charge in [0.1, 0.15) is 0 Å². The van der Waals surface area contributed by atoms with Crippen LogP contribution in [0.4, 0.5) is 0 Å². The summed E-state index contributed by atoms with van der Waals surface area (Å²) in [6, 6.07) is 8.11. The van der Waals surface area contributed by atoms with Crippen LogP contribution in [0.15, 0.2) is 28.7 Å². The van der Waals surface area contributed by atoms with Gasteiger partial charge in [0, 0.05) is 17.6 Å². The molecule has 0 radical (unpaired) electrons. The Labute approximate surface area is 123 Å². The standard InChI is InChI=1S/C15H22BrNO2/c1-4-15(5-2,14(18)19)11-17(3)10-12-7-6-8-13(16)9-12/h6-9H,4-5,10-11H2,1-3H3,(H,18,19). The van der Waals surface area contributed by atoms with E-state index in [-0.39, 0.29) is 0 Å². The molecule has 0 bridgehead atoms. The molecule has 0 fully saturated rings. The molecule has 0 heterocycles. The van der Waals surface area contributed by atoms with Crippen molar-refractivity contribution in [3.8, 4) is 0 Å². The van der Waals surface area contributed by atoms with Crippen molar-refractivity contribution in [3.63, 3.8) is 0 Å². The fourth-order valence-electron chi connectivity index (χ4n) is 2.36. The second-order valence-electron chi connectivity index (χ2n) is 5.09. The van der Waals surface area contributed by atoms with Crippen LogP contribution in [-0.2, 0) is 11.3 Å². The number of carbonyl (C=O) groups is 1. The van der Waals surface area contributed by atoms with Gasteiger partial charge >= 0.3 is 5.97 Å². The fraction of sp³-hybridized carbons (Fsp3) is 0.533. The highest BCUT2D eigenvalue weighted by molar-refractivity contribution is 9.10. The third kappa shape index (κ3) is 4.32. The second-order valence-corrected chi connectivity index (χ2v) is 6.01. The summed E-state index contributed by atoms with van der Waals surface area (Å²) < 4.78 is 1.05. The molecule has 3 nitrogen and oxygen atoms in total. The van der Waals surface area contributed by atoms with Crippen molar-refractivity contribution >= 4 is 21.9 Å². The van der Waals surface area contributed by atoms with Crippen LogP contribution in [-0.4, -0.2) is 29.6 Å². The van der Waals surface area contributed by atoms with Gasteiger partial charge in [0.2, 0.25) is 0 Å². The second kappa shape index (κ2) is 7.06. The zero-order chi connectivity index (χ0) is 14.5. The molecule has 106 valence electrons. The van der Waals surface area contributed by atoms with Crippen molar-refractivity contribution in [1.82, 2.24) is 4.90 Å². The number of rotatable bonds is 7. The van der Waals surface area contributed by atoms with Crippen LogP contribution < -0.4 is 0 Å². The van der Waals surface area contributed by atoms with E-state index in [0.717, 1.165) is 11.0 Å². The summed E-state index contributed by atoms with van der Waals surface area (Å²) in [7, 11) is 1.98. The lowest BCUT2D eigenvalue weighted by molar-refractivity contribution is -0.150. The Morgan fingerprint density at radius 1 is 1.37 bits per heavy atom. The number of carboxylic acids is 1. The van der Waals surface area contributed by atoms with Crippen molar-refractivity contribution in [2.24, 2.45) is 5.41 Å². The minimum atomic E-state index is -0.696. The Hall–Kier alpha value is -0.870. The van der Waals surface area contributed by atoms with Gasteiger partial charge in [-0.1, -0.05) is 41.9 Å². The molecule has 0 aliphatic heterocycles.